The van der Waals surface area contributed by atoms with Crippen LogP contribution < -0.4 is 5.32 Å². The Labute approximate surface area is 140 Å². The third-order valence-corrected chi connectivity index (χ3v) is 5.04. The van der Waals surface area contributed by atoms with Crippen LogP contribution in [0.2, 0.25) is 0 Å². The smallest absolute Gasteiger partial charge is 0.240 e. The molecule has 2 heterocycles. The highest BCUT2D eigenvalue weighted by molar-refractivity contribution is 5.85. The molecule has 0 bridgehead atoms. The van der Waals surface area contributed by atoms with Gasteiger partial charge in [-0.3, -0.25) is 14.5 Å². The molecule has 2 aliphatic heterocycles. The van der Waals surface area contributed by atoms with Crippen LogP contribution in [0.5, 0.6) is 0 Å². The van der Waals surface area contributed by atoms with Crippen molar-refractivity contribution in [3.8, 4) is 0 Å². The summed E-state index contributed by atoms with van der Waals surface area (Å²) in [5.74, 6) is 0.683. The number of nitrogens with zero attached hydrogens (tertiary/aromatic N) is 3. The molecule has 2 rings (SSSR count). The van der Waals surface area contributed by atoms with Crippen LogP contribution in [0.1, 0.15) is 33.1 Å². The van der Waals surface area contributed by atoms with Gasteiger partial charge in [0.2, 0.25) is 11.8 Å². The maximum atomic E-state index is 13.0. The van der Waals surface area contributed by atoms with E-state index in [9.17, 15) is 9.59 Å². The highest BCUT2D eigenvalue weighted by atomic mass is 16.2. The number of nitrogens with one attached hydrogen (secondary N) is 1. The molecule has 0 aromatic heterocycles. The minimum atomic E-state index is -0.191. The fraction of sp³-hybridized carbons (Fsp3) is 0.882. The van der Waals surface area contributed by atoms with Gasteiger partial charge in [0.1, 0.15) is 0 Å². The van der Waals surface area contributed by atoms with Crippen LogP contribution >= 0.6 is 0 Å². The number of piperazine rings is 1. The van der Waals surface area contributed by atoms with Crippen molar-refractivity contribution in [2.24, 2.45) is 5.92 Å². The van der Waals surface area contributed by atoms with E-state index in [1.54, 1.807) is 7.05 Å². The Balaban J connectivity index is 2.07. The van der Waals surface area contributed by atoms with Crippen molar-refractivity contribution in [3.05, 3.63) is 0 Å². The second-order valence-electron chi connectivity index (χ2n) is 7.28. The van der Waals surface area contributed by atoms with Gasteiger partial charge in [-0.25, -0.2) is 0 Å². The van der Waals surface area contributed by atoms with E-state index < -0.39 is 0 Å². The van der Waals surface area contributed by atoms with Gasteiger partial charge in [0.25, 0.3) is 0 Å². The van der Waals surface area contributed by atoms with Crippen molar-refractivity contribution in [2.75, 3.05) is 46.8 Å². The lowest BCUT2D eigenvalue weighted by atomic mass is 10.0. The summed E-state index contributed by atoms with van der Waals surface area (Å²) in [6.07, 6.45) is 2.67. The molecule has 2 aliphatic rings. The van der Waals surface area contributed by atoms with Crippen molar-refractivity contribution >= 4 is 11.8 Å². The van der Waals surface area contributed by atoms with E-state index in [1.807, 2.05) is 4.90 Å². The van der Waals surface area contributed by atoms with Crippen LogP contribution in [0.4, 0.5) is 0 Å². The van der Waals surface area contributed by atoms with E-state index in [4.69, 9.17) is 0 Å². The predicted molar refractivity (Wildman–Crippen MR) is 91.1 cm³/mol. The van der Waals surface area contributed by atoms with Gasteiger partial charge < -0.3 is 15.1 Å². The van der Waals surface area contributed by atoms with Crippen LogP contribution in [0.15, 0.2) is 0 Å². The molecular weight excluding hydrogens is 292 g/mol. The normalized spacial score (nSPS) is 24.9. The van der Waals surface area contributed by atoms with Crippen LogP contribution in [-0.4, -0.2) is 85.4 Å². The molecule has 2 atom stereocenters. The molecular formula is C17H32N4O2. The average molecular weight is 324 g/mol. The molecule has 2 saturated heterocycles. The maximum absolute atomic E-state index is 13.0. The Morgan fingerprint density at radius 3 is 2.35 bits per heavy atom. The topological polar surface area (TPSA) is 55.9 Å². The van der Waals surface area contributed by atoms with Gasteiger partial charge in [0, 0.05) is 33.2 Å². The standard InChI is InChI=1S/C17H32N4O2/c1-13(2)12-15(16(22)18-3)21-7-5-6-14(21)17(23)20-10-8-19(4)9-11-20/h13-15H,5-12H2,1-4H3,(H,18,22). The average Bonchev–Trinajstić information content (AvgIpc) is 3.01. The molecule has 0 radical (unpaired) electrons. The third-order valence-electron chi connectivity index (χ3n) is 5.04. The molecule has 2 fully saturated rings. The lowest BCUT2D eigenvalue weighted by molar-refractivity contribution is -0.140. The molecule has 6 nitrogen and oxygen atoms in total. The summed E-state index contributed by atoms with van der Waals surface area (Å²) < 4.78 is 0. The Morgan fingerprint density at radius 1 is 1.13 bits per heavy atom. The number of likely N-dealkylation sites (N-methyl/N-ethyl adjacent to an activating group) is 2. The molecule has 6 heteroatoms. The van der Waals surface area contributed by atoms with Crippen molar-refractivity contribution in [2.45, 2.75) is 45.2 Å². The summed E-state index contributed by atoms with van der Waals surface area (Å²) in [4.78, 5) is 31.7. The number of rotatable bonds is 5. The molecule has 2 amide bonds. The fourth-order valence-electron chi connectivity index (χ4n) is 3.67. The van der Waals surface area contributed by atoms with E-state index in [0.717, 1.165) is 52.0 Å². The second kappa shape index (κ2) is 8.11. The molecule has 0 saturated carbocycles. The van der Waals surface area contributed by atoms with Crippen LogP contribution in [-0.2, 0) is 9.59 Å². The largest absolute Gasteiger partial charge is 0.358 e. The minimum Gasteiger partial charge on any atom is -0.358 e. The van der Waals surface area contributed by atoms with Crippen LogP contribution in [0.25, 0.3) is 0 Å². The van der Waals surface area contributed by atoms with Crippen molar-refractivity contribution in [1.82, 2.24) is 20.0 Å². The van der Waals surface area contributed by atoms with Crippen LogP contribution in [0.3, 0.4) is 0 Å². The Morgan fingerprint density at radius 2 is 1.78 bits per heavy atom. The first-order valence-electron chi connectivity index (χ1n) is 8.88. The summed E-state index contributed by atoms with van der Waals surface area (Å²) in [6, 6.07) is -0.316. The summed E-state index contributed by atoms with van der Waals surface area (Å²) >= 11 is 0. The summed E-state index contributed by atoms with van der Waals surface area (Å²) in [5, 5.41) is 2.78. The molecule has 0 aromatic carbocycles. The minimum absolute atomic E-state index is 0.0387. The van der Waals surface area contributed by atoms with Gasteiger partial charge in [0.05, 0.1) is 12.1 Å². The molecule has 23 heavy (non-hydrogen) atoms. The lowest BCUT2D eigenvalue weighted by Crippen LogP contribution is -2.56. The first kappa shape index (κ1) is 18.2. The van der Waals surface area contributed by atoms with Gasteiger partial charge in [-0.05, 0) is 38.8 Å². The van der Waals surface area contributed by atoms with Gasteiger partial charge in [-0.15, -0.1) is 0 Å². The highest BCUT2D eigenvalue weighted by Gasteiger charge is 2.40. The molecule has 0 spiro atoms. The summed E-state index contributed by atoms with van der Waals surface area (Å²) in [7, 11) is 3.77. The first-order valence-corrected chi connectivity index (χ1v) is 8.88. The van der Waals surface area contributed by atoms with Gasteiger partial charge in [-0.2, -0.15) is 0 Å². The molecule has 0 aromatic rings. The number of carbonyl (C=O) groups excluding carboxylic acids is 2. The first-order chi connectivity index (χ1) is 10.9. The van der Waals surface area contributed by atoms with E-state index in [2.05, 4.69) is 36.0 Å². The number of amides is 2. The number of hydrogen-bond acceptors (Lipinski definition) is 4. The molecule has 0 aliphatic carbocycles. The van der Waals surface area contributed by atoms with Crippen molar-refractivity contribution < 1.29 is 9.59 Å². The van der Waals surface area contributed by atoms with Gasteiger partial charge >= 0.3 is 0 Å². The van der Waals surface area contributed by atoms with E-state index >= 15 is 0 Å². The Bertz CT molecular complexity index is 419. The van der Waals surface area contributed by atoms with Crippen molar-refractivity contribution in [1.29, 1.82) is 0 Å². The third kappa shape index (κ3) is 4.44. The number of hydrogen-bond donors (Lipinski definition) is 1. The second-order valence-corrected chi connectivity index (χ2v) is 7.28. The van der Waals surface area contributed by atoms with Crippen molar-refractivity contribution in [3.63, 3.8) is 0 Å². The summed E-state index contributed by atoms with van der Waals surface area (Å²) in [5.41, 5.74) is 0. The number of carbonyl (C=O) groups is 2. The number of likely N-dealkylation sites (tertiary alicyclic amines) is 1. The predicted octanol–water partition coefficient (Wildman–Crippen LogP) is 0.386. The monoisotopic (exact) mass is 324 g/mol. The Kier molecular flexibility index (Phi) is 6.41. The zero-order valence-electron chi connectivity index (χ0n) is 15.0. The molecule has 1 N–H and O–H groups in total. The van der Waals surface area contributed by atoms with E-state index in [-0.39, 0.29) is 23.9 Å². The zero-order chi connectivity index (χ0) is 17.0. The molecule has 132 valence electrons. The van der Waals surface area contributed by atoms with Gasteiger partial charge in [0.15, 0.2) is 0 Å². The van der Waals surface area contributed by atoms with E-state index in [1.165, 1.54) is 0 Å². The summed E-state index contributed by atoms with van der Waals surface area (Å²) in [6.45, 7) is 8.57. The van der Waals surface area contributed by atoms with E-state index in [0.29, 0.717) is 5.92 Å². The maximum Gasteiger partial charge on any atom is 0.240 e. The highest BCUT2D eigenvalue weighted by Crippen LogP contribution is 2.25. The lowest BCUT2D eigenvalue weighted by Gasteiger charge is -2.38. The molecule has 2 unspecified atom stereocenters. The fourth-order valence-corrected chi connectivity index (χ4v) is 3.67. The Hall–Kier alpha value is -1.14. The SMILES string of the molecule is CNC(=O)C(CC(C)C)N1CCCC1C(=O)N1CCN(C)CC1. The quantitative estimate of drug-likeness (QED) is 0.795. The zero-order valence-corrected chi connectivity index (χ0v) is 15.0. The van der Waals surface area contributed by atoms with Gasteiger partial charge in [-0.1, -0.05) is 13.8 Å². The van der Waals surface area contributed by atoms with Crippen LogP contribution in [0, 0.1) is 5.92 Å².